The van der Waals surface area contributed by atoms with Crippen LogP contribution in [0.4, 0.5) is 5.82 Å². The number of carboxylic acids is 1. The number of hydrogen-bond acceptors (Lipinski definition) is 6. The molecule has 7 heteroatoms. The van der Waals surface area contributed by atoms with Crippen LogP contribution in [0, 0.1) is 13.8 Å². The third-order valence-corrected chi connectivity index (χ3v) is 3.36. The molecule has 2 rings (SSSR count). The summed E-state index contributed by atoms with van der Waals surface area (Å²) >= 11 is 1.49. The molecule has 0 atom stereocenters. The highest BCUT2D eigenvalue weighted by atomic mass is 32.1. The van der Waals surface area contributed by atoms with Gasteiger partial charge < -0.3 is 10.4 Å². The first kappa shape index (κ1) is 12.4. The van der Waals surface area contributed by atoms with Crippen molar-refractivity contribution >= 4 is 23.1 Å². The molecular formula is C11H12N4O2S. The number of nitrogens with one attached hydrogen (secondary N) is 1. The molecule has 94 valence electrons. The molecule has 2 N–H and O–H groups in total. The summed E-state index contributed by atoms with van der Waals surface area (Å²) in [7, 11) is 0. The average Bonchev–Trinajstić information content (AvgIpc) is 2.83. The van der Waals surface area contributed by atoms with Gasteiger partial charge in [0.15, 0.2) is 5.82 Å². The van der Waals surface area contributed by atoms with Gasteiger partial charge in [0.2, 0.25) is 0 Å². The van der Waals surface area contributed by atoms with Gasteiger partial charge in [0.1, 0.15) is 5.56 Å². The molecular weight excluding hydrogens is 252 g/mol. The standard InChI is InChI=1S/C11H12N4O2S/c1-6-7(2)14-15-10(9(6)11(16)17)13-4-8-3-12-5-18-8/h3,5H,4H2,1-2H3,(H,13,15)(H,16,17). The van der Waals surface area contributed by atoms with Gasteiger partial charge in [-0.25, -0.2) is 4.79 Å². The summed E-state index contributed by atoms with van der Waals surface area (Å²) in [6.45, 7) is 3.95. The van der Waals surface area contributed by atoms with Crippen molar-refractivity contribution in [1.82, 2.24) is 15.2 Å². The Hall–Kier alpha value is -2.02. The van der Waals surface area contributed by atoms with Crippen LogP contribution >= 0.6 is 11.3 Å². The fourth-order valence-corrected chi connectivity index (χ4v) is 2.03. The second-order valence-corrected chi connectivity index (χ2v) is 4.73. The van der Waals surface area contributed by atoms with Gasteiger partial charge in [0.05, 0.1) is 17.7 Å². The van der Waals surface area contributed by atoms with Gasteiger partial charge in [0, 0.05) is 11.1 Å². The lowest BCUT2D eigenvalue weighted by molar-refractivity contribution is 0.0696. The molecule has 2 heterocycles. The summed E-state index contributed by atoms with van der Waals surface area (Å²) in [4.78, 5) is 16.2. The van der Waals surface area contributed by atoms with Crippen LogP contribution in [0.5, 0.6) is 0 Å². The van der Waals surface area contributed by atoms with Crippen molar-refractivity contribution < 1.29 is 9.90 Å². The van der Waals surface area contributed by atoms with Crippen molar-refractivity contribution in [1.29, 1.82) is 0 Å². The molecule has 0 saturated carbocycles. The number of anilines is 1. The second kappa shape index (κ2) is 5.09. The Morgan fingerprint density at radius 3 is 2.83 bits per heavy atom. The maximum atomic E-state index is 11.2. The minimum absolute atomic E-state index is 0.173. The van der Waals surface area contributed by atoms with Gasteiger partial charge >= 0.3 is 5.97 Å². The zero-order valence-electron chi connectivity index (χ0n) is 9.97. The van der Waals surface area contributed by atoms with E-state index in [0.717, 1.165) is 4.88 Å². The monoisotopic (exact) mass is 264 g/mol. The van der Waals surface area contributed by atoms with E-state index in [1.165, 1.54) is 11.3 Å². The number of thiazole rings is 1. The Kier molecular flexibility index (Phi) is 3.52. The molecule has 0 aromatic carbocycles. The fraction of sp³-hybridized carbons (Fsp3) is 0.273. The lowest BCUT2D eigenvalue weighted by atomic mass is 10.1. The van der Waals surface area contributed by atoms with Gasteiger partial charge in [-0.1, -0.05) is 0 Å². The zero-order valence-corrected chi connectivity index (χ0v) is 10.8. The van der Waals surface area contributed by atoms with Crippen molar-refractivity contribution in [2.24, 2.45) is 0 Å². The molecule has 0 aliphatic rings. The first-order valence-corrected chi connectivity index (χ1v) is 6.16. The first-order chi connectivity index (χ1) is 8.59. The number of nitrogens with zero attached hydrogens (tertiary/aromatic N) is 3. The van der Waals surface area contributed by atoms with Gasteiger partial charge in [0.25, 0.3) is 0 Å². The van der Waals surface area contributed by atoms with Gasteiger partial charge in [-0.2, -0.15) is 5.10 Å². The fourth-order valence-electron chi connectivity index (χ4n) is 1.49. The molecule has 2 aromatic heterocycles. The summed E-state index contributed by atoms with van der Waals surface area (Å²) < 4.78 is 0. The maximum Gasteiger partial charge on any atom is 0.339 e. The molecule has 6 nitrogen and oxygen atoms in total. The summed E-state index contributed by atoms with van der Waals surface area (Å²) in [6, 6.07) is 0. The number of aromatic nitrogens is 3. The lowest BCUT2D eigenvalue weighted by Crippen LogP contribution is -2.12. The van der Waals surface area contributed by atoms with Gasteiger partial charge in [-0.05, 0) is 19.4 Å². The summed E-state index contributed by atoms with van der Waals surface area (Å²) in [5, 5.41) is 20.0. The number of carboxylic acid groups (broad SMARTS) is 1. The third-order valence-electron chi connectivity index (χ3n) is 2.58. The molecule has 0 saturated heterocycles. The molecule has 0 amide bonds. The SMILES string of the molecule is Cc1nnc(NCc2cncs2)c(C(=O)O)c1C. The van der Waals surface area contributed by atoms with Crippen LogP contribution < -0.4 is 5.32 Å². The maximum absolute atomic E-state index is 11.2. The van der Waals surface area contributed by atoms with Crippen LogP contribution in [0.3, 0.4) is 0 Å². The summed E-state index contributed by atoms with van der Waals surface area (Å²) in [5.41, 5.74) is 3.15. The molecule has 0 unspecified atom stereocenters. The number of carbonyl (C=O) groups is 1. The number of rotatable bonds is 4. The van der Waals surface area contributed by atoms with E-state index in [0.29, 0.717) is 23.6 Å². The van der Waals surface area contributed by atoms with Crippen molar-refractivity contribution in [3.05, 3.63) is 33.4 Å². The van der Waals surface area contributed by atoms with E-state index in [9.17, 15) is 9.90 Å². The van der Waals surface area contributed by atoms with Crippen LogP contribution in [0.15, 0.2) is 11.7 Å². The zero-order chi connectivity index (χ0) is 13.1. The summed E-state index contributed by atoms with van der Waals surface area (Å²) in [5.74, 6) is -0.712. The predicted molar refractivity (Wildman–Crippen MR) is 67.9 cm³/mol. The molecule has 2 aromatic rings. The number of aryl methyl sites for hydroxylation is 1. The van der Waals surface area contributed by atoms with Crippen LogP contribution in [-0.2, 0) is 6.54 Å². The van der Waals surface area contributed by atoms with E-state index in [1.54, 1.807) is 25.6 Å². The van der Waals surface area contributed by atoms with Gasteiger partial charge in [-0.3, -0.25) is 4.98 Å². The van der Waals surface area contributed by atoms with Crippen LogP contribution in [0.1, 0.15) is 26.5 Å². The normalized spacial score (nSPS) is 10.3. The highest BCUT2D eigenvalue weighted by Crippen LogP contribution is 2.19. The quantitative estimate of drug-likeness (QED) is 0.876. The second-order valence-electron chi connectivity index (χ2n) is 3.76. The largest absolute Gasteiger partial charge is 0.478 e. The molecule has 0 spiro atoms. The van der Waals surface area contributed by atoms with E-state index >= 15 is 0 Å². The Bertz CT molecular complexity index is 569. The van der Waals surface area contributed by atoms with Gasteiger partial charge in [-0.15, -0.1) is 16.4 Å². The minimum atomic E-state index is -1.00. The lowest BCUT2D eigenvalue weighted by Gasteiger charge is -2.10. The number of hydrogen-bond donors (Lipinski definition) is 2. The third kappa shape index (κ3) is 2.45. The van der Waals surface area contributed by atoms with Crippen LogP contribution in [0.2, 0.25) is 0 Å². The Morgan fingerprint density at radius 1 is 1.44 bits per heavy atom. The topological polar surface area (TPSA) is 88.0 Å². The van der Waals surface area contributed by atoms with E-state index in [2.05, 4.69) is 20.5 Å². The van der Waals surface area contributed by atoms with E-state index < -0.39 is 5.97 Å². The average molecular weight is 264 g/mol. The van der Waals surface area contributed by atoms with Crippen LogP contribution in [0.25, 0.3) is 0 Å². The highest BCUT2D eigenvalue weighted by Gasteiger charge is 2.17. The predicted octanol–water partition coefficient (Wildman–Crippen LogP) is 1.86. The first-order valence-electron chi connectivity index (χ1n) is 5.28. The molecule has 0 fully saturated rings. The van der Waals surface area contributed by atoms with Crippen molar-refractivity contribution in [2.75, 3.05) is 5.32 Å². The minimum Gasteiger partial charge on any atom is -0.478 e. The Morgan fingerprint density at radius 2 is 2.22 bits per heavy atom. The van der Waals surface area contributed by atoms with Crippen molar-refractivity contribution in [3.63, 3.8) is 0 Å². The number of aromatic carboxylic acids is 1. The van der Waals surface area contributed by atoms with Crippen molar-refractivity contribution in [2.45, 2.75) is 20.4 Å². The molecule has 18 heavy (non-hydrogen) atoms. The molecule has 0 radical (unpaired) electrons. The smallest absolute Gasteiger partial charge is 0.339 e. The molecule has 0 bridgehead atoms. The molecule has 0 aliphatic heterocycles. The van der Waals surface area contributed by atoms with E-state index in [1.807, 2.05) is 0 Å². The Balaban J connectivity index is 2.27. The van der Waals surface area contributed by atoms with E-state index in [4.69, 9.17) is 0 Å². The van der Waals surface area contributed by atoms with Crippen LogP contribution in [-0.4, -0.2) is 26.3 Å². The summed E-state index contributed by atoms with van der Waals surface area (Å²) in [6.07, 6.45) is 1.73. The van der Waals surface area contributed by atoms with Crippen molar-refractivity contribution in [3.8, 4) is 0 Å². The molecule has 0 aliphatic carbocycles. The highest BCUT2D eigenvalue weighted by molar-refractivity contribution is 7.09. The van der Waals surface area contributed by atoms with E-state index in [-0.39, 0.29) is 5.56 Å². The Labute approximate surface area is 108 Å².